The van der Waals surface area contributed by atoms with E-state index < -0.39 is 0 Å². The maximum atomic E-state index is 11.7. The summed E-state index contributed by atoms with van der Waals surface area (Å²) in [5, 5.41) is 12.1. The van der Waals surface area contributed by atoms with Gasteiger partial charge in [-0.15, -0.1) is 0 Å². The number of rotatable bonds is 4. The Morgan fingerprint density at radius 1 is 1.26 bits per heavy atom. The number of amides is 2. The molecular weight excluding hydrogens is 290 g/mol. The molecule has 0 atom stereocenters. The van der Waals surface area contributed by atoms with E-state index in [1.165, 1.54) is 0 Å². The summed E-state index contributed by atoms with van der Waals surface area (Å²) in [7, 11) is 0. The van der Waals surface area contributed by atoms with Crippen molar-refractivity contribution in [1.29, 1.82) is 0 Å². The highest BCUT2D eigenvalue weighted by atomic mass is 16.2. The number of carbonyl (C=O) groups is 1. The van der Waals surface area contributed by atoms with Crippen LogP contribution < -0.4 is 21.3 Å². The summed E-state index contributed by atoms with van der Waals surface area (Å²) in [6.45, 7) is 5.40. The molecule has 4 N–H and O–H groups in total. The van der Waals surface area contributed by atoms with Gasteiger partial charge in [0.2, 0.25) is 0 Å². The van der Waals surface area contributed by atoms with E-state index in [-0.39, 0.29) is 6.03 Å². The van der Waals surface area contributed by atoms with Crippen molar-refractivity contribution in [3.05, 3.63) is 36.0 Å². The van der Waals surface area contributed by atoms with Crippen molar-refractivity contribution in [3.8, 4) is 11.1 Å². The molecule has 0 unspecified atom stereocenters. The molecule has 1 aromatic heterocycles. The van der Waals surface area contributed by atoms with Crippen molar-refractivity contribution < 1.29 is 4.79 Å². The normalized spacial score (nSPS) is 12.1. The summed E-state index contributed by atoms with van der Waals surface area (Å²) in [6, 6.07) is 9.72. The van der Waals surface area contributed by atoms with E-state index in [1.54, 1.807) is 0 Å². The number of nitrogens with zero attached hydrogens (tertiary/aromatic N) is 1. The zero-order valence-electron chi connectivity index (χ0n) is 13.4. The third kappa shape index (κ3) is 3.36. The second-order valence-corrected chi connectivity index (χ2v) is 5.51. The fourth-order valence-electron chi connectivity index (χ4n) is 2.54. The number of urea groups is 1. The molecule has 0 radical (unpaired) electrons. The molecule has 1 aromatic carbocycles. The van der Waals surface area contributed by atoms with E-state index >= 15 is 0 Å². The van der Waals surface area contributed by atoms with Gasteiger partial charge < -0.3 is 21.3 Å². The van der Waals surface area contributed by atoms with Crippen LogP contribution in [0.15, 0.2) is 30.3 Å². The summed E-state index contributed by atoms with van der Waals surface area (Å²) < 4.78 is 0. The summed E-state index contributed by atoms with van der Waals surface area (Å²) in [5.41, 5.74) is 4.93. The third-order valence-electron chi connectivity index (χ3n) is 3.74. The Morgan fingerprint density at radius 3 is 2.78 bits per heavy atom. The quantitative estimate of drug-likeness (QED) is 0.698. The molecule has 0 fully saturated rings. The van der Waals surface area contributed by atoms with Gasteiger partial charge in [-0.25, -0.2) is 9.78 Å². The maximum absolute atomic E-state index is 11.7. The molecule has 0 bridgehead atoms. The van der Waals surface area contributed by atoms with Crippen molar-refractivity contribution in [2.24, 2.45) is 0 Å². The minimum absolute atomic E-state index is 0.176. The van der Waals surface area contributed by atoms with Gasteiger partial charge in [0, 0.05) is 23.5 Å². The Bertz CT molecular complexity index is 712. The lowest BCUT2D eigenvalue weighted by Crippen LogP contribution is -2.29. The van der Waals surface area contributed by atoms with Gasteiger partial charge in [-0.1, -0.05) is 19.1 Å². The molecule has 2 heterocycles. The molecule has 120 valence electrons. The minimum Gasteiger partial charge on any atom is -0.365 e. The van der Waals surface area contributed by atoms with E-state index in [2.05, 4.69) is 32.3 Å². The molecule has 23 heavy (non-hydrogen) atoms. The van der Waals surface area contributed by atoms with E-state index in [0.717, 1.165) is 40.4 Å². The number of carbonyl (C=O) groups excluding carboxylic acids is 1. The first kappa shape index (κ1) is 15.1. The van der Waals surface area contributed by atoms with Gasteiger partial charge >= 0.3 is 6.03 Å². The fraction of sp³-hybridized carbons (Fsp3) is 0.294. The molecule has 1 aliphatic rings. The minimum atomic E-state index is -0.176. The lowest BCUT2D eigenvalue weighted by Gasteiger charge is -2.10. The van der Waals surface area contributed by atoms with Crippen LogP contribution in [0.3, 0.4) is 0 Å². The van der Waals surface area contributed by atoms with Crippen molar-refractivity contribution in [3.63, 3.8) is 0 Å². The largest absolute Gasteiger partial charge is 0.365 e. The first-order valence-corrected chi connectivity index (χ1v) is 7.82. The van der Waals surface area contributed by atoms with Crippen LogP contribution in [-0.4, -0.2) is 24.2 Å². The Balaban J connectivity index is 1.76. The Morgan fingerprint density at radius 2 is 2.04 bits per heavy atom. The highest BCUT2D eigenvalue weighted by molar-refractivity contribution is 5.89. The summed E-state index contributed by atoms with van der Waals surface area (Å²) in [6.07, 6.45) is 0.917. The van der Waals surface area contributed by atoms with E-state index in [9.17, 15) is 4.79 Å². The maximum Gasteiger partial charge on any atom is 0.319 e. The predicted octanol–water partition coefficient (Wildman–Crippen LogP) is 3.38. The van der Waals surface area contributed by atoms with Gasteiger partial charge in [-0.3, -0.25) is 0 Å². The second kappa shape index (κ2) is 6.56. The Hall–Kier alpha value is -2.76. The van der Waals surface area contributed by atoms with E-state index in [1.807, 2.05) is 38.1 Å². The number of hydrogen-bond acceptors (Lipinski definition) is 4. The standard InChI is InChI=1S/C17H21N5O/c1-3-8-18-17(23)22-13-6-4-12(5-7-13)14-9-15-16(20-10-19-15)21-11(14)2/h4-7,9,19H,3,8,10H2,1-2H3,(H,20,21)(H2,18,22,23). The zero-order chi connectivity index (χ0) is 16.2. The third-order valence-corrected chi connectivity index (χ3v) is 3.74. The summed E-state index contributed by atoms with van der Waals surface area (Å²) in [5.74, 6) is 0.900. The average Bonchev–Trinajstić information content (AvgIpc) is 3.00. The van der Waals surface area contributed by atoms with Crippen molar-refractivity contribution in [2.75, 3.05) is 29.2 Å². The van der Waals surface area contributed by atoms with Gasteiger partial charge in [-0.2, -0.15) is 0 Å². The number of fused-ring (bicyclic) bond motifs is 1. The average molecular weight is 311 g/mol. The SMILES string of the molecule is CCCNC(=O)Nc1ccc(-c2cc3c(nc2C)NCN3)cc1. The number of aryl methyl sites for hydroxylation is 1. The predicted molar refractivity (Wildman–Crippen MR) is 93.8 cm³/mol. The van der Waals surface area contributed by atoms with Crippen molar-refractivity contribution in [2.45, 2.75) is 20.3 Å². The number of aromatic nitrogens is 1. The molecule has 2 amide bonds. The lowest BCUT2D eigenvalue weighted by molar-refractivity contribution is 0.252. The fourth-order valence-corrected chi connectivity index (χ4v) is 2.54. The molecule has 1 aliphatic heterocycles. The summed E-state index contributed by atoms with van der Waals surface area (Å²) >= 11 is 0. The highest BCUT2D eigenvalue weighted by Gasteiger charge is 2.14. The van der Waals surface area contributed by atoms with Gasteiger partial charge in [0.05, 0.1) is 12.4 Å². The smallest absolute Gasteiger partial charge is 0.319 e. The number of hydrogen-bond donors (Lipinski definition) is 4. The first-order valence-electron chi connectivity index (χ1n) is 7.82. The van der Waals surface area contributed by atoms with Crippen molar-refractivity contribution in [1.82, 2.24) is 10.3 Å². The lowest BCUT2D eigenvalue weighted by atomic mass is 10.0. The second-order valence-electron chi connectivity index (χ2n) is 5.51. The number of pyridine rings is 1. The molecule has 0 aliphatic carbocycles. The summed E-state index contributed by atoms with van der Waals surface area (Å²) in [4.78, 5) is 16.2. The van der Waals surface area contributed by atoms with Crippen LogP contribution in [0.4, 0.5) is 22.0 Å². The molecule has 2 aromatic rings. The molecule has 6 nitrogen and oxygen atoms in total. The van der Waals surface area contributed by atoms with E-state index in [4.69, 9.17) is 0 Å². The molecular formula is C17H21N5O. The number of anilines is 3. The van der Waals surface area contributed by atoms with Crippen LogP contribution in [0.5, 0.6) is 0 Å². The van der Waals surface area contributed by atoms with Crippen LogP contribution in [-0.2, 0) is 0 Å². The van der Waals surface area contributed by atoms with Crippen LogP contribution in [0.1, 0.15) is 19.0 Å². The highest BCUT2D eigenvalue weighted by Crippen LogP contribution is 2.32. The number of benzene rings is 1. The zero-order valence-corrected chi connectivity index (χ0v) is 13.4. The van der Waals surface area contributed by atoms with Crippen LogP contribution in [0, 0.1) is 6.92 Å². The number of nitrogens with one attached hydrogen (secondary N) is 4. The molecule has 3 rings (SSSR count). The van der Waals surface area contributed by atoms with Crippen LogP contribution in [0.2, 0.25) is 0 Å². The van der Waals surface area contributed by atoms with Gasteiger partial charge in [0.15, 0.2) is 5.82 Å². The van der Waals surface area contributed by atoms with Crippen LogP contribution in [0.25, 0.3) is 11.1 Å². The van der Waals surface area contributed by atoms with Crippen LogP contribution >= 0.6 is 0 Å². The van der Waals surface area contributed by atoms with Crippen molar-refractivity contribution >= 4 is 23.2 Å². The van der Waals surface area contributed by atoms with E-state index in [0.29, 0.717) is 13.2 Å². The monoisotopic (exact) mass is 311 g/mol. The molecule has 0 saturated heterocycles. The first-order chi connectivity index (χ1) is 11.2. The van der Waals surface area contributed by atoms with Gasteiger partial charge in [0.1, 0.15) is 0 Å². The van der Waals surface area contributed by atoms with Gasteiger partial charge in [0.25, 0.3) is 0 Å². The molecule has 6 heteroatoms. The van der Waals surface area contributed by atoms with Gasteiger partial charge in [-0.05, 0) is 37.1 Å². The Labute approximate surface area is 135 Å². The molecule has 0 saturated carbocycles. The molecule has 0 spiro atoms. The Kier molecular flexibility index (Phi) is 4.32. The topological polar surface area (TPSA) is 78.1 Å².